The summed E-state index contributed by atoms with van der Waals surface area (Å²) in [5, 5.41) is 4.05. The van der Waals surface area contributed by atoms with E-state index in [1.54, 1.807) is 6.21 Å². The molecule has 0 unspecified atom stereocenters. The lowest BCUT2D eigenvalue weighted by Gasteiger charge is -2.12. The molecule has 23 heavy (non-hydrogen) atoms. The third-order valence-corrected chi connectivity index (χ3v) is 2.98. The van der Waals surface area contributed by atoms with Gasteiger partial charge in [0.1, 0.15) is 6.61 Å². The van der Waals surface area contributed by atoms with E-state index in [0.29, 0.717) is 24.7 Å². The second-order valence-electron chi connectivity index (χ2n) is 4.65. The maximum Gasteiger partial charge on any atom is 0.184 e. The second kappa shape index (κ2) is 8.75. The minimum Gasteiger partial charge on any atom is -0.490 e. The fourth-order valence-electron chi connectivity index (χ4n) is 1.90. The average Bonchev–Trinajstić information content (AvgIpc) is 2.55. The van der Waals surface area contributed by atoms with Crippen LogP contribution in [0.1, 0.15) is 18.1 Å². The first-order chi connectivity index (χ1) is 11.2. The van der Waals surface area contributed by atoms with Crippen molar-refractivity contribution in [3.05, 3.63) is 59.7 Å². The van der Waals surface area contributed by atoms with Gasteiger partial charge in [-0.1, -0.05) is 30.3 Å². The maximum atomic E-state index is 5.85. The van der Waals surface area contributed by atoms with Gasteiger partial charge < -0.3 is 15.2 Å². The molecule has 0 radical (unpaired) electrons. The average molecular weight is 329 g/mol. The van der Waals surface area contributed by atoms with E-state index < -0.39 is 0 Å². The molecule has 0 fully saturated rings. The molecular formula is C17H19N3O2S. The van der Waals surface area contributed by atoms with Crippen LogP contribution in [0.3, 0.4) is 0 Å². The Hall–Kier alpha value is -2.60. The lowest BCUT2D eigenvalue weighted by molar-refractivity contribution is 0.269. The van der Waals surface area contributed by atoms with Crippen molar-refractivity contribution in [3.8, 4) is 11.5 Å². The summed E-state index contributed by atoms with van der Waals surface area (Å²) < 4.78 is 11.5. The molecule has 3 N–H and O–H groups in total. The zero-order chi connectivity index (χ0) is 16.5. The van der Waals surface area contributed by atoms with E-state index in [4.69, 9.17) is 15.2 Å². The van der Waals surface area contributed by atoms with Crippen molar-refractivity contribution in [3.63, 3.8) is 0 Å². The standard InChI is InChI=1S/C17H19N3O2S/c1-2-21-16-10-14(11-19-20-17(18)23)8-9-15(16)22-12-13-6-4-3-5-7-13/h3-11H,2,12H2,1H3,(H3,18,20,23)/b19-11+. The molecule has 2 aromatic rings. The number of benzene rings is 2. The molecule has 0 aliphatic carbocycles. The highest BCUT2D eigenvalue weighted by Crippen LogP contribution is 2.28. The van der Waals surface area contributed by atoms with Crippen molar-refractivity contribution in [1.82, 2.24) is 5.43 Å². The van der Waals surface area contributed by atoms with Crippen LogP contribution >= 0.6 is 12.2 Å². The fourth-order valence-corrected chi connectivity index (χ4v) is 1.95. The van der Waals surface area contributed by atoms with Crippen LogP contribution in [0.5, 0.6) is 11.5 Å². The largest absolute Gasteiger partial charge is 0.490 e. The van der Waals surface area contributed by atoms with E-state index in [9.17, 15) is 0 Å². The van der Waals surface area contributed by atoms with Crippen LogP contribution < -0.4 is 20.6 Å². The van der Waals surface area contributed by atoms with Gasteiger partial charge in [0, 0.05) is 0 Å². The summed E-state index contributed by atoms with van der Waals surface area (Å²) in [6.07, 6.45) is 1.61. The number of nitrogens with one attached hydrogen (secondary N) is 1. The number of nitrogens with zero attached hydrogens (tertiary/aromatic N) is 1. The van der Waals surface area contributed by atoms with E-state index >= 15 is 0 Å². The molecule has 0 aliphatic rings. The molecule has 0 saturated heterocycles. The Labute approximate surface area is 141 Å². The molecule has 0 spiro atoms. The highest BCUT2D eigenvalue weighted by molar-refractivity contribution is 7.80. The Balaban J connectivity index is 2.09. The Morgan fingerprint density at radius 1 is 1.17 bits per heavy atom. The van der Waals surface area contributed by atoms with Gasteiger partial charge in [0.2, 0.25) is 0 Å². The zero-order valence-electron chi connectivity index (χ0n) is 12.9. The molecule has 6 heteroatoms. The highest BCUT2D eigenvalue weighted by atomic mass is 32.1. The monoisotopic (exact) mass is 329 g/mol. The van der Waals surface area contributed by atoms with Gasteiger partial charge in [-0.15, -0.1) is 0 Å². The summed E-state index contributed by atoms with van der Waals surface area (Å²) in [7, 11) is 0. The van der Waals surface area contributed by atoms with E-state index in [2.05, 4.69) is 22.7 Å². The predicted molar refractivity (Wildman–Crippen MR) is 95.9 cm³/mol. The predicted octanol–water partition coefficient (Wildman–Crippen LogP) is 2.83. The molecule has 0 aliphatic heterocycles. The Morgan fingerprint density at radius 3 is 2.65 bits per heavy atom. The van der Waals surface area contributed by atoms with E-state index in [-0.39, 0.29) is 5.11 Å². The van der Waals surface area contributed by atoms with Crippen LogP contribution in [0.25, 0.3) is 0 Å². The van der Waals surface area contributed by atoms with E-state index in [1.165, 1.54) is 0 Å². The Morgan fingerprint density at radius 2 is 1.96 bits per heavy atom. The molecule has 0 atom stereocenters. The molecule has 2 aromatic carbocycles. The van der Waals surface area contributed by atoms with Crippen molar-refractivity contribution in [2.45, 2.75) is 13.5 Å². The van der Waals surface area contributed by atoms with E-state index in [1.807, 2.05) is 55.5 Å². The summed E-state index contributed by atoms with van der Waals surface area (Å²) in [6.45, 7) is 2.96. The lowest BCUT2D eigenvalue weighted by Crippen LogP contribution is -2.23. The molecule has 0 heterocycles. The molecule has 0 aromatic heterocycles. The number of hydrogen-bond acceptors (Lipinski definition) is 4. The Bertz CT molecular complexity index is 675. The minimum atomic E-state index is 0.120. The van der Waals surface area contributed by atoms with Gasteiger partial charge in [0.15, 0.2) is 16.6 Å². The minimum absolute atomic E-state index is 0.120. The molecule has 0 amide bonds. The number of hydrogen-bond donors (Lipinski definition) is 2. The highest BCUT2D eigenvalue weighted by Gasteiger charge is 2.06. The molecule has 0 saturated carbocycles. The molecule has 2 rings (SSSR count). The van der Waals surface area contributed by atoms with Crippen LogP contribution in [-0.4, -0.2) is 17.9 Å². The quantitative estimate of drug-likeness (QED) is 0.464. The normalized spacial score (nSPS) is 10.5. The van der Waals surface area contributed by atoms with Crippen molar-refractivity contribution < 1.29 is 9.47 Å². The Kier molecular flexibility index (Phi) is 6.38. The molecular weight excluding hydrogens is 310 g/mol. The third kappa shape index (κ3) is 5.60. The topological polar surface area (TPSA) is 68.9 Å². The van der Waals surface area contributed by atoms with Gasteiger partial charge >= 0.3 is 0 Å². The summed E-state index contributed by atoms with van der Waals surface area (Å²) in [4.78, 5) is 0. The summed E-state index contributed by atoms with van der Waals surface area (Å²) in [6, 6.07) is 15.6. The third-order valence-electron chi connectivity index (χ3n) is 2.89. The van der Waals surface area contributed by atoms with Crippen LogP contribution in [0.2, 0.25) is 0 Å². The summed E-state index contributed by atoms with van der Waals surface area (Å²) in [5.41, 5.74) is 9.78. The van der Waals surface area contributed by atoms with Gasteiger partial charge in [-0.3, -0.25) is 5.43 Å². The van der Waals surface area contributed by atoms with E-state index in [0.717, 1.165) is 11.1 Å². The molecule has 0 bridgehead atoms. The number of nitrogens with two attached hydrogens (primary N) is 1. The summed E-state index contributed by atoms with van der Waals surface area (Å²) >= 11 is 4.69. The van der Waals surface area contributed by atoms with Crippen molar-refractivity contribution in [2.24, 2.45) is 10.8 Å². The van der Waals surface area contributed by atoms with Crippen LogP contribution in [0, 0.1) is 0 Å². The van der Waals surface area contributed by atoms with Gasteiger partial charge in [0.05, 0.1) is 12.8 Å². The van der Waals surface area contributed by atoms with Crippen LogP contribution in [0.15, 0.2) is 53.6 Å². The van der Waals surface area contributed by atoms with Crippen LogP contribution in [0.4, 0.5) is 0 Å². The fraction of sp³-hybridized carbons (Fsp3) is 0.176. The molecule has 120 valence electrons. The van der Waals surface area contributed by atoms with Crippen molar-refractivity contribution in [2.75, 3.05) is 6.61 Å². The first-order valence-corrected chi connectivity index (χ1v) is 7.62. The molecule has 5 nitrogen and oxygen atoms in total. The second-order valence-corrected chi connectivity index (χ2v) is 5.09. The lowest BCUT2D eigenvalue weighted by atomic mass is 10.2. The van der Waals surface area contributed by atoms with Gasteiger partial charge in [-0.2, -0.15) is 5.10 Å². The van der Waals surface area contributed by atoms with Gasteiger partial charge in [0.25, 0.3) is 0 Å². The van der Waals surface area contributed by atoms with Gasteiger partial charge in [-0.05, 0) is 48.5 Å². The SMILES string of the molecule is CCOc1cc(/C=N/NC(N)=S)ccc1OCc1ccccc1. The first-order valence-electron chi connectivity index (χ1n) is 7.21. The number of ether oxygens (including phenoxy) is 2. The zero-order valence-corrected chi connectivity index (χ0v) is 13.7. The van der Waals surface area contributed by atoms with Crippen molar-refractivity contribution >= 4 is 23.5 Å². The number of hydrazone groups is 1. The smallest absolute Gasteiger partial charge is 0.184 e. The number of rotatable bonds is 7. The van der Waals surface area contributed by atoms with Crippen molar-refractivity contribution in [1.29, 1.82) is 0 Å². The number of thiocarbonyl (C=S) groups is 1. The van der Waals surface area contributed by atoms with Crippen LogP contribution in [-0.2, 0) is 6.61 Å². The summed E-state index contributed by atoms with van der Waals surface area (Å²) in [5.74, 6) is 1.36. The van der Waals surface area contributed by atoms with Gasteiger partial charge in [-0.25, -0.2) is 0 Å². The maximum absolute atomic E-state index is 5.85. The first kappa shape index (κ1) is 16.8.